The average molecular weight is 510 g/mol. The number of para-hydroxylation sites is 2. The first-order chi connectivity index (χ1) is 19.8. The molecule has 0 fully saturated rings. The fourth-order valence-corrected chi connectivity index (χ4v) is 6.49. The molecule has 0 unspecified atom stereocenters. The van der Waals surface area contributed by atoms with Crippen molar-refractivity contribution in [1.82, 2.24) is 4.57 Å². The Morgan fingerprint density at radius 2 is 1.23 bits per heavy atom. The van der Waals surface area contributed by atoms with E-state index in [1.54, 1.807) is 0 Å². The smallest absolute Gasteiger partial charge is 0.135 e. The highest BCUT2D eigenvalue weighted by Crippen LogP contribution is 2.47. The standard InChI is InChI=1S/C38H23NO/c1-2-10-29(11-3-1)39-34-14-5-4-12-30(34)32-21-27-17-16-25(20-28(27)23-35(32)39)26-18-19-36-33(22-26)31-13-6-8-24-9-7-15-37(40-36)38(24)31/h1-23H. The summed E-state index contributed by atoms with van der Waals surface area (Å²) in [5.74, 6) is 1.83. The normalized spacial score (nSPS) is 12.2. The number of ether oxygens (including phenoxy) is 1. The molecule has 0 amide bonds. The molecule has 1 aromatic heterocycles. The van der Waals surface area contributed by atoms with Gasteiger partial charge in [0.15, 0.2) is 0 Å². The van der Waals surface area contributed by atoms with E-state index in [2.05, 4.69) is 144 Å². The molecule has 9 rings (SSSR count). The molecule has 0 aliphatic carbocycles. The van der Waals surface area contributed by atoms with Crippen LogP contribution >= 0.6 is 0 Å². The van der Waals surface area contributed by atoms with Crippen molar-refractivity contribution in [3.8, 4) is 39.4 Å². The molecular weight excluding hydrogens is 486 g/mol. The predicted molar refractivity (Wildman–Crippen MR) is 167 cm³/mol. The van der Waals surface area contributed by atoms with Crippen LogP contribution in [0.25, 0.3) is 71.3 Å². The van der Waals surface area contributed by atoms with Gasteiger partial charge in [-0.05, 0) is 87.4 Å². The maximum atomic E-state index is 6.34. The molecule has 1 aliphatic rings. The Hall–Kier alpha value is -5.34. The van der Waals surface area contributed by atoms with Gasteiger partial charge in [0.1, 0.15) is 11.5 Å². The molecule has 186 valence electrons. The minimum atomic E-state index is 0.907. The van der Waals surface area contributed by atoms with Crippen molar-refractivity contribution in [2.75, 3.05) is 0 Å². The van der Waals surface area contributed by atoms with E-state index in [1.807, 2.05) is 0 Å². The van der Waals surface area contributed by atoms with Crippen molar-refractivity contribution in [1.29, 1.82) is 0 Å². The molecule has 0 bridgehead atoms. The number of nitrogens with zero attached hydrogens (tertiary/aromatic N) is 1. The molecule has 40 heavy (non-hydrogen) atoms. The van der Waals surface area contributed by atoms with Gasteiger partial charge in [-0.15, -0.1) is 0 Å². The van der Waals surface area contributed by atoms with E-state index in [0.717, 1.165) is 17.1 Å². The van der Waals surface area contributed by atoms with E-state index in [0.29, 0.717) is 0 Å². The molecular formula is C38H23NO. The summed E-state index contributed by atoms with van der Waals surface area (Å²) in [4.78, 5) is 0. The van der Waals surface area contributed by atoms with Crippen LogP contribution in [0.2, 0.25) is 0 Å². The molecule has 7 aromatic carbocycles. The summed E-state index contributed by atoms with van der Waals surface area (Å²) in [7, 11) is 0. The van der Waals surface area contributed by atoms with Gasteiger partial charge in [0.25, 0.3) is 0 Å². The molecule has 2 heterocycles. The zero-order valence-corrected chi connectivity index (χ0v) is 21.6. The van der Waals surface area contributed by atoms with E-state index in [9.17, 15) is 0 Å². The van der Waals surface area contributed by atoms with Gasteiger partial charge in [0.2, 0.25) is 0 Å². The Balaban J connectivity index is 1.25. The van der Waals surface area contributed by atoms with Crippen LogP contribution in [0.5, 0.6) is 11.5 Å². The average Bonchev–Trinajstić information content (AvgIpc) is 3.33. The summed E-state index contributed by atoms with van der Waals surface area (Å²) in [6, 6.07) is 50.2. The summed E-state index contributed by atoms with van der Waals surface area (Å²) in [5, 5.41) is 7.41. The molecule has 0 N–H and O–H groups in total. The van der Waals surface area contributed by atoms with Gasteiger partial charge in [-0.2, -0.15) is 0 Å². The third-order valence-electron chi connectivity index (χ3n) is 8.33. The van der Waals surface area contributed by atoms with Gasteiger partial charge in [-0.3, -0.25) is 0 Å². The number of rotatable bonds is 2. The van der Waals surface area contributed by atoms with Crippen molar-refractivity contribution in [3.63, 3.8) is 0 Å². The summed E-state index contributed by atoms with van der Waals surface area (Å²) in [6.07, 6.45) is 0. The lowest BCUT2D eigenvalue weighted by Crippen LogP contribution is -1.97. The molecule has 0 saturated heterocycles. The SMILES string of the molecule is c1ccc(-n2c3ccccc3c3cc4ccc(-c5ccc6c(c5)-c5cccc7cccc(c57)O6)cc4cc32)cc1. The van der Waals surface area contributed by atoms with Crippen LogP contribution in [0.4, 0.5) is 0 Å². The van der Waals surface area contributed by atoms with E-state index in [4.69, 9.17) is 4.74 Å². The van der Waals surface area contributed by atoms with Gasteiger partial charge < -0.3 is 9.30 Å². The second-order valence-electron chi connectivity index (χ2n) is 10.6. The van der Waals surface area contributed by atoms with Gasteiger partial charge in [-0.1, -0.05) is 84.9 Å². The van der Waals surface area contributed by atoms with E-state index in [1.165, 1.54) is 65.7 Å². The molecule has 2 heteroatoms. The van der Waals surface area contributed by atoms with Crippen molar-refractivity contribution in [2.45, 2.75) is 0 Å². The number of benzene rings is 7. The summed E-state index contributed by atoms with van der Waals surface area (Å²) in [6.45, 7) is 0. The maximum absolute atomic E-state index is 6.34. The number of hydrogen-bond acceptors (Lipinski definition) is 1. The Labute approximate surface area is 231 Å². The highest BCUT2D eigenvalue weighted by atomic mass is 16.5. The Morgan fingerprint density at radius 1 is 0.425 bits per heavy atom. The van der Waals surface area contributed by atoms with Gasteiger partial charge in [-0.25, -0.2) is 0 Å². The summed E-state index contributed by atoms with van der Waals surface area (Å²) >= 11 is 0. The second-order valence-corrected chi connectivity index (χ2v) is 10.6. The highest BCUT2D eigenvalue weighted by Gasteiger charge is 2.20. The largest absolute Gasteiger partial charge is 0.456 e. The van der Waals surface area contributed by atoms with Gasteiger partial charge in [0, 0.05) is 27.4 Å². The highest BCUT2D eigenvalue weighted by molar-refractivity contribution is 6.14. The lowest BCUT2D eigenvalue weighted by molar-refractivity contribution is 0.487. The van der Waals surface area contributed by atoms with Crippen LogP contribution < -0.4 is 4.74 Å². The Kier molecular flexibility index (Phi) is 4.36. The molecule has 0 radical (unpaired) electrons. The first kappa shape index (κ1) is 21.6. The minimum absolute atomic E-state index is 0.907. The molecule has 0 atom stereocenters. The van der Waals surface area contributed by atoms with E-state index < -0.39 is 0 Å². The second kappa shape index (κ2) is 8.08. The Morgan fingerprint density at radius 3 is 2.15 bits per heavy atom. The summed E-state index contributed by atoms with van der Waals surface area (Å²) in [5.41, 5.74) is 8.37. The third-order valence-corrected chi connectivity index (χ3v) is 8.33. The molecule has 0 spiro atoms. The number of fused-ring (bicyclic) bond motifs is 6. The lowest BCUT2D eigenvalue weighted by atomic mass is 9.92. The monoisotopic (exact) mass is 509 g/mol. The van der Waals surface area contributed by atoms with Crippen molar-refractivity contribution < 1.29 is 4.74 Å². The zero-order chi connectivity index (χ0) is 26.2. The first-order valence-electron chi connectivity index (χ1n) is 13.7. The van der Waals surface area contributed by atoms with Gasteiger partial charge in [0.05, 0.1) is 11.0 Å². The molecule has 0 saturated carbocycles. The quantitative estimate of drug-likeness (QED) is 0.226. The first-order valence-corrected chi connectivity index (χ1v) is 13.7. The summed E-state index contributed by atoms with van der Waals surface area (Å²) < 4.78 is 8.72. The molecule has 8 aromatic rings. The van der Waals surface area contributed by atoms with E-state index in [-0.39, 0.29) is 0 Å². The van der Waals surface area contributed by atoms with Crippen molar-refractivity contribution in [2.24, 2.45) is 0 Å². The minimum Gasteiger partial charge on any atom is -0.456 e. The predicted octanol–water partition coefficient (Wildman–Crippen LogP) is 10.5. The Bertz CT molecular complexity index is 2290. The number of aromatic nitrogens is 1. The van der Waals surface area contributed by atoms with Crippen LogP contribution in [-0.4, -0.2) is 4.57 Å². The molecule has 1 aliphatic heterocycles. The van der Waals surface area contributed by atoms with Crippen LogP contribution in [0, 0.1) is 0 Å². The van der Waals surface area contributed by atoms with Crippen LogP contribution in [0.3, 0.4) is 0 Å². The van der Waals surface area contributed by atoms with Crippen molar-refractivity contribution >= 4 is 43.4 Å². The third kappa shape index (κ3) is 3.05. The van der Waals surface area contributed by atoms with Crippen LogP contribution in [0.1, 0.15) is 0 Å². The van der Waals surface area contributed by atoms with Crippen LogP contribution in [0.15, 0.2) is 140 Å². The van der Waals surface area contributed by atoms with Crippen molar-refractivity contribution in [3.05, 3.63) is 140 Å². The zero-order valence-electron chi connectivity index (χ0n) is 21.6. The lowest BCUT2D eigenvalue weighted by Gasteiger charge is -2.22. The molecule has 2 nitrogen and oxygen atoms in total. The fourth-order valence-electron chi connectivity index (χ4n) is 6.49. The number of hydrogen-bond donors (Lipinski definition) is 0. The van der Waals surface area contributed by atoms with E-state index >= 15 is 0 Å². The fraction of sp³-hybridized carbons (Fsp3) is 0. The van der Waals surface area contributed by atoms with Gasteiger partial charge >= 0.3 is 0 Å². The maximum Gasteiger partial charge on any atom is 0.135 e. The topological polar surface area (TPSA) is 14.2 Å². The van der Waals surface area contributed by atoms with Crippen LogP contribution in [-0.2, 0) is 0 Å².